The summed E-state index contributed by atoms with van der Waals surface area (Å²) in [6.45, 7) is 2.54. The average molecular weight is 391 g/mol. The summed E-state index contributed by atoms with van der Waals surface area (Å²) >= 11 is 1.27. The van der Waals surface area contributed by atoms with Crippen LogP contribution in [0.1, 0.15) is 42.8 Å². The molecule has 7 nitrogen and oxygen atoms in total. The molecule has 0 bridgehead atoms. The predicted octanol–water partition coefficient (Wildman–Crippen LogP) is 1.97. The molecule has 27 heavy (non-hydrogen) atoms. The number of carbonyl (C=O) groups is 2. The Bertz CT molecular complexity index is 820. The van der Waals surface area contributed by atoms with Crippen molar-refractivity contribution in [3.05, 3.63) is 41.5 Å². The van der Waals surface area contributed by atoms with Gasteiger partial charge in [-0.1, -0.05) is 23.9 Å². The third kappa shape index (κ3) is 5.06. The summed E-state index contributed by atoms with van der Waals surface area (Å²) in [7, 11) is 0. The minimum Gasteiger partial charge on any atom is -0.370 e. The fraction of sp³-hybridized carbons (Fsp3) is 0.444. The van der Waals surface area contributed by atoms with Crippen LogP contribution in [0.2, 0.25) is 0 Å². The monoisotopic (exact) mass is 391 g/mol. The molecular weight excluding hydrogens is 369 g/mol. The SMILES string of the molecule is CCn1c(CCC(N)=O)nnc1SC(C(=O)NC1CC1)c1ccc(F)cc1. The van der Waals surface area contributed by atoms with E-state index >= 15 is 0 Å². The van der Waals surface area contributed by atoms with Gasteiger partial charge >= 0.3 is 0 Å². The summed E-state index contributed by atoms with van der Waals surface area (Å²) in [5, 5.41) is 11.4. The summed E-state index contributed by atoms with van der Waals surface area (Å²) in [5.41, 5.74) is 5.91. The molecule has 2 amide bonds. The Balaban J connectivity index is 1.83. The topological polar surface area (TPSA) is 103 Å². The number of benzene rings is 1. The number of halogens is 1. The van der Waals surface area contributed by atoms with E-state index in [1.165, 1.54) is 23.9 Å². The number of rotatable bonds is 9. The van der Waals surface area contributed by atoms with Gasteiger partial charge in [0.1, 0.15) is 16.9 Å². The maximum Gasteiger partial charge on any atom is 0.238 e. The highest BCUT2D eigenvalue weighted by molar-refractivity contribution is 8.00. The van der Waals surface area contributed by atoms with E-state index in [1.54, 1.807) is 12.1 Å². The first-order valence-electron chi connectivity index (χ1n) is 8.90. The van der Waals surface area contributed by atoms with Crippen LogP contribution in [0.3, 0.4) is 0 Å². The van der Waals surface area contributed by atoms with Gasteiger partial charge in [0.15, 0.2) is 5.16 Å². The Hall–Kier alpha value is -2.42. The van der Waals surface area contributed by atoms with E-state index in [9.17, 15) is 14.0 Å². The molecule has 2 aromatic rings. The molecule has 9 heteroatoms. The van der Waals surface area contributed by atoms with Crippen LogP contribution in [0.4, 0.5) is 4.39 Å². The number of aromatic nitrogens is 3. The molecule has 3 rings (SSSR count). The smallest absolute Gasteiger partial charge is 0.238 e. The Morgan fingerprint density at radius 3 is 2.63 bits per heavy atom. The molecule has 1 aliphatic carbocycles. The van der Waals surface area contributed by atoms with Crippen molar-refractivity contribution in [1.29, 1.82) is 0 Å². The number of nitrogens with one attached hydrogen (secondary N) is 1. The van der Waals surface area contributed by atoms with Crippen molar-refractivity contribution in [3.63, 3.8) is 0 Å². The second kappa shape index (κ2) is 8.51. The van der Waals surface area contributed by atoms with Crippen molar-refractivity contribution < 1.29 is 14.0 Å². The maximum absolute atomic E-state index is 13.3. The number of primary amides is 1. The lowest BCUT2D eigenvalue weighted by atomic mass is 10.1. The lowest BCUT2D eigenvalue weighted by Crippen LogP contribution is -2.30. The highest BCUT2D eigenvalue weighted by Gasteiger charge is 2.30. The first-order chi connectivity index (χ1) is 13.0. The number of nitrogens with two attached hydrogens (primary N) is 1. The van der Waals surface area contributed by atoms with E-state index in [0.29, 0.717) is 29.5 Å². The lowest BCUT2D eigenvalue weighted by molar-refractivity contribution is -0.121. The zero-order chi connectivity index (χ0) is 19.4. The molecule has 1 heterocycles. The zero-order valence-corrected chi connectivity index (χ0v) is 15.8. The van der Waals surface area contributed by atoms with Gasteiger partial charge < -0.3 is 15.6 Å². The molecule has 1 aliphatic rings. The minimum atomic E-state index is -0.565. The van der Waals surface area contributed by atoms with Gasteiger partial charge in [-0.05, 0) is 37.5 Å². The Kier molecular flexibility index (Phi) is 6.10. The molecule has 144 valence electrons. The minimum absolute atomic E-state index is 0.126. The number of hydrogen-bond donors (Lipinski definition) is 2. The molecule has 1 unspecified atom stereocenters. The van der Waals surface area contributed by atoms with E-state index in [1.807, 2.05) is 11.5 Å². The normalized spacial score (nSPS) is 14.7. The van der Waals surface area contributed by atoms with Gasteiger partial charge in [0.05, 0.1) is 0 Å². The predicted molar refractivity (Wildman–Crippen MR) is 99.4 cm³/mol. The Labute approximate surface area is 160 Å². The Morgan fingerprint density at radius 2 is 2.04 bits per heavy atom. The molecular formula is C18H22FN5O2S. The second-order valence-electron chi connectivity index (χ2n) is 6.44. The van der Waals surface area contributed by atoms with E-state index in [2.05, 4.69) is 15.5 Å². The fourth-order valence-corrected chi connectivity index (χ4v) is 3.79. The first kappa shape index (κ1) is 19.3. The van der Waals surface area contributed by atoms with Crippen molar-refractivity contribution >= 4 is 23.6 Å². The molecule has 1 saturated carbocycles. The maximum atomic E-state index is 13.3. The van der Waals surface area contributed by atoms with Crippen LogP contribution in [0.15, 0.2) is 29.4 Å². The summed E-state index contributed by atoms with van der Waals surface area (Å²) in [6, 6.07) is 6.13. The van der Waals surface area contributed by atoms with Gasteiger partial charge in [-0.3, -0.25) is 9.59 Å². The molecule has 0 aliphatic heterocycles. The standard InChI is InChI=1S/C18H22FN5O2S/c1-2-24-15(10-9-14(20)25)22-23-18(24)27-16(17(26)21-13-7-8-13)11-3-5-12(19)6-4-11/h3-6,13,16H,2,7-10H2,1H3,(H2,20,25)(H,21,26). The lowest BCUT2D eigenvalue weighted by Gasteiger charge is -2.17. The summed E-state index contributed by atoms with van der Waals surface area (Å²) in [5.74, 6) is -0.226. The van der Waals surface area contributed by atoms with Gasteiger partial charge in [-0.2, -0.15) is 0 Å². The van der Waals surface area contributed by atoms with Crippen molar-refractivity contribution in [2.45, 2.75) is 55.6 Å². The molecule has 1 aromatic carbocycles. The summed E-state index contributed by atoms with van der Waals surface area (Å²) in [4.78, 5) is 23.8. The highest BCUT2D eigenvalue weighted by atomic mass is 32.2. The number of thioether (sulfide) groups is 1. The molecule has 1 aromatic heterocycles. The van der Waals surface area contributed by atoms with Gasteiger partial charge in [-0.15, -0.1) is 10.2 Å². The van der Waals surface area contributed by atoms with Crippen molar-refractivity contribution in [2.24, 2.45) is 5.73 Å². The third-order valence-corrected chi connectivity index (χ3v) is 5.50. The summed E-state index contributed by atoms with van der Waals surface area (Å²) in [6.07, 6.45) is 2.54. The first-order valence-corrected chi connectivity index (χ1v) is 9.78. The molecule has 0 spiro atoms. The van der Waals surface area contributed by atoms with Crippen LogP contribution in [0, 0.1) is 5.82 Å². The average Bonchev–Trinajstić information content (AvgIpc) is 3.36. The number of hydrogen-bond acceptors (Lipinski definition) is 5. The highest BCUT2D eigenvalue weighted by Crippen LogP contribution is 2.36. The number of nitrogens with zero attached hydrogens (tertiary/aromatic N) is 3. The van der Waals surface area contributed by atoms with Crippen LogP contribution in [-0.4, -0.2) is 32.6 Å². The van der Waals surface area contributed by atoms with Crippen LogP contribution in [0.25, 0.3) is 0 Å². The zero-order valence-electron chi connectivity index (χ0n) is 15.0. The number of amides is 2. The van der Waals surface area contributed by atoms with Gasteiger partial charge in [0, 0.05) is 25.4 Å². The van der Waals surface area contributed by atoms with E-state index < -0.39 is 11.2 Å². The van der Waals surface area contributed by atoms with E-state index in [0.717, 1.165) is 12.8 Å². The van der Waals surface area contributed by atoms with E-state index in [-0.39, 0.29) is 24.2 Å². The van der Waals surface area contributed by atoms with Gasteiger partial charge in [0.2, 0.25) is 11.8 Å². The molecule has 3 N–H and O–H groups in total. The van der Waals surface area contributed by atoms with Crippen LogP contribution >= 0.6 is 11.8 Å². The quantitative estimate of drug-likeness (QED) is 0.636. The summed E-state index contributed by atoms with van der Waals surface area (Å²) < 4.78 is 15.2. The largest absolute Gasteiger partial charge is 0.370 e. The third-order valence-electron chi connectivity index (χ3n) is 4.26. The molecule has 1 fully saturated rings. The van der Waals surface area contributed by atoms with Crippen LogP contribution in [-0.2, 0) is 22.6 Å². The molecule has 0 radical (unpaired) electrons. The second-order valence-corrected chi connectivity index (χ2v) is 7.51. The van der Waals surface area contributed by atoms with E-state index in [4.69, 9.17) is 5.73 Å². The number of carbonyl (C=O) groups excluding carboxylic acids is 2. The van der Waals surface area contributed by atoms with Crippen LogP contribution in [0.5, 0.6) is 0 Å². The number of aryl methyl sites for hydroxylation is 1. The van der Waals surface area contributed by atoms with Gasteiger partial charge in [0.25, 0.3) is 0 Å². The van der Waals surface area contributed by atoms with Crippen molar-refractivity contribution in [3.8, 4) is 0 Å². The fourth-order valence-electron chi connectivity index (χ4n) is 2.66. The van der Waals surface area contributed by atoms with Crippen molar-refractivity contribution in [1.82, 2.24) is 20.1 Å². The Morgan fingerprint density at radius 1 is 1.33 bits per heavy atom. The van der Waals surface area contributed by atoms with Crippen LogP contribution < -0.4 is 11.1 Å². The molecule has 1 atom stereocenters. The van der Waals surface area contributed by atoms with Gasteiger partial charge in [-0.25, -0.2) is 4.39 Å². The molecule has 0 saturated heterocycles. The van der Waals surface area contributed by atoms with Crippen molar-refractivity contribution in [2.75, 3.05) is 0 Å².